The monoisotopic (exact) mass is 184 g/mol. The first-order valence-electron chi connectivity index (χ1n) is 5.46. The summed E-state index contributed by atoms with van der Waals surface area (Å²) in [5.41, 5.74) is 6.14. The van der Waals surface area contributed by atoms with Crippen molar-refractivity contribution in [3.8, 4) is 0 Å². The van der Waals surface area contributed by atoms with E-state index in [4.69, 9.17) is 5.73 Å². The van der Waals surface area contributed by atoms with Crippen LogP contribution in [0.5, 0.6) is 0 Å². The van der Waals surface area contributed by atoms with Crippen LogP contribution >= 0.6 is 0 Å². The van der Waals surface area contributed by atoms with E-state index in [2.05, 4.69) is 25.7 Å². The van der Waals surface area contributed by atoms with Crippen molar-refractivity contribution in [3.05, 3.63) is 0 Å². The molecule has 0 saturated carbocycles. The van der Waals surface area contributed by atoms with E-state index in [-0.39, 0.29) is 0 Å². The van der Waals surface area contributed by atoms with E-state index in [1.54, 1.807) is 0 Å². The SMILES string of the molecule is CC(CN)CCN1CCC(C)(C)C1. The Morgan fingerprint density at radius 1 is 1.46 bits per heavy atom. The Kier molecular flexibility index (Phi) is 3.74. The molecule has 0 spiro atoms. The van der Waals surface area contributed by atoms with Crippen LogP contribution in [0.3, 0.4) is 0 Å². The maximum absolute atomic E-state index is 5.59. The zero-order chi connectivity index (χ0) is 9.90. The second-order valence-corrected chi connectivity index (χ2v) is 5.32. The Labute approximate surface area is 82.5 Å². The molecule has 0 radical (unpaired) electrons. The second kappa shape index (κ2) is 4.43. The number of rotatable bonds is 4. The minimum Gasteiger partial charge on any atom is -0.330 e. The number of likely N-dealkylation sites (tertiary alicyclic amines) is 1. The van der Waals surface area contributed by atoms with Crippen molar-refractivity contribution in [2.24, 2.45) is 17.1 Å². The van der Waals surface area contributed by atoms with Gasteiger partial charge in [-0.2, -0.15) is 0 Å². The zero-order valence-corrected chi connectivity index (χ0v) is 9.34. The first-order valence-corrected chi connectivity index (χ1v) is 5.46. The molecule has 0 amide bonds. The quantitative estimate of drug-likeness (QED) is 0.720. The van der Waals surface area contributed by atoms with Crippen molar-refractivity contribution in [2.45, 2.75) is 33.6 Å². The molecular formula is C11H24N2. The number of hydrogen-bond donors (Lipinski definition) is 1. The van der Waals surface area contributed by atoms with Gasteiger partial charge >= 0.3 is 0 Å². The highest BCUT2D eigenvalue weighted by Gasteiger charge is 2.28. The summed E-state index contributed by atoms with van der Waals surface area (Å²) in [6.07, 6.45) is 2.61. The predicted molar refractivity (Wildman–Crippen MR) is 57.7 cm³/mol. The highest BCUT2D eigenvalue weighted by molar-refractivity contribution is 4.82. The lowest BCUT2D eigenvalue weighted by Gasteiger charge is -2.20. The minimum atomic E-state index is 0.548. The van der Waals surface area contributed by atoms with Crippen LogP contribution in [0.25, 0.3) is 0 Å². The topological polar surface area (TPSA) is 29.3 Å². The van der Waals surface area contributed by atoms with Gasteiger partial charge in [0.25, 0.3) is 0 Å². The molecule has 0 aromatic heterocycles. The molecule has 2 nitrogen and oxygen atoms in total. The smallest absolute Gasteiger partial charge is 0.00332 e. The summed E-state index contributed by atoms with van der Waals surface area (Å²) in [6, 6.07) is 0. The first-order chi connectivity index (χ1) is 6.03. The highest BCUT2D eigenvalue weighted by Crippen LogP contribution is 2.28. The van der Waals surface area contributed by atoms with Crippen molar-refractivity contribution < 1.29 is 0 Å². The summed E-state index contributed by atoms with van der Waals surface area (Å²) in [7, 11) is 0. The van der Waals surface area contributed by atoms with Crippen LogP contribution < -0.4 is 5.73 Å². The Balaban J connectivity index is 2.17. The molecule has 1 heterocycles. The summed E-state index contributed by atoms with van der Waals surface area (Å²) >= 11 is 0. The third kappa shape index (κ3) is 3.65. The number of nitrogens with zero attached hydrogens (tertiary/aromatic N) is 1. The average Bonchev–Trinajstić information content (AvgIpc) is 2.41. The van der Waals surface area contributed by atoms with E-state index in [1.165, 1.54) is 32.5 Å². The molecule has 78 valence electrons. The molecule has 13 heavy (non-hydrogen) atoms. The van der Waals surface area contributed by atoms with Crippen molar-refractivity contribution in [1.29, 1.82) is 0 Å². The minimum absolute atomic E-state index is 0.548. The molecule has 1 rings (SSSR count). The molecular weight excluding hydrogens is 160 g/mol. The van der Waals surface area contributed by atoms with Gasteiger partial charge in [0.15, 0.2) is 0 Å². The number of hydrogen-bond acceptors (Lipinski definition) is 2. The van der Waals surface area contributed by atoms with Crippen molar-refractivity contribution in [3.63, 3.8) is 0 Å². The van der Waals surface area contributed by atoms with Crippen molar-refractivity contribution in [1.82, 2.24) is 4.90 Å². The molecule has 1 aliphatic rings. The van der Waals surface area contributed by atoms with Crippen LogP contribution in [-0.2, 0) is 0 Å². The summed E-state index contributed by atoms with van der Waals surface area (Å²) in [5.74, 6) is 0.684. The fourth-order valence-electron chi connectivity index (χ4n) is 1.94. The lowest BCUT2D eigenvalue weighted by molar-refractivity contribution is 0.273. The van der Waals surface area contributed by atoms with E-state index < -0.39 is 0 Å². The molecule has 0 aromatic rings. The van der Waals surface area contributed by atoms with Gasteiger partial charge in [-0.3, -0.25) is 0 Å². The van der Waals surface area contributed by atoms with Gasteiger partial charge in [0.2, 0.25) is 0 Å². The van der Waals surface area contributed by atoms with E-state index in [0.717, 1.165) is 6.54 Å². The summed E-state index contributed by atoms with van der Waals surface area (Å²) in [4.78, 5) is 2.58. The lowest BCUT2D eigenvalue weighted by Crippen LogP contribution is -2.26. The first kappa shape index (κ1) is 11.0. The normalized spacial score (nSPS) is 24.9. The van der Waals surface area contributed by atoms with Gasteiger partial charge in [-0.1, -0.05) is 20.8 Å². The second-order valence-electron chi connectivity index (χ2n) is 5.32. The third-order valence-corrected chi connectivity index (χ3v) is 3.10. The van der Waals surface area contributed by atoms with Gasteiger partial charge in [-0.15, -0.1) is 0 Å². The molecule has 2 N–H and O–H groups in total. The molecule has 0 aromatic carbocycles. The van der Waals surface area contributed by atoms with Crippen LogP contribution in [0, 0.1) is 11.3 Å². The standard InChI is InChI=1S/C11H24N2/c1-10(8-12)4-6-13-7-5-11(2,3)9-13/h10H,4-9,12H2,1-3H3. The molecule has 2 heteroatoms. The van der Waals surface area contributed by atoms with Crippen LogP contribution in [0.4, 0.5) is 0 Å². The van der Waals surface area contributed by atoms with E-state index in [9.17, 15) is 0 Å². The maximum Gasteiger partial charge on any atom is 0.00332 e. The van der Waals surface area contributed by atoms with Gasteiger partial charge in [0, 0.05) is 6.54 Å². The molecule has 1 unspecified atom stereocenters. The van der Waals surface area contributed by atoms with Gasteiger partial charge in [-0.25, -0.2) is 0 Å². The van der Waals surface area contributed by atoms with Crippen LogP contribution in [0.15, 0.2) is 0 Å². The summed E-state index contributed by atoms with van der Waals surface area (Å²) < 4.78 is 0. The van der Waals surface area contributed by atoms with E-state index in [1.807, 2.05) is 0 Å². The van der Waals surface area contributed by atoms with Gasteiger partial charge in [0.1, 0.15) is 0 Å². The Hall–Kier alpha value is -0.0800. The molecule has 1 aliphatic heterocycles. The van der Waals surface area contributed by atoms with Gasteiger partial charge in [-0.05, 0) is 43.8 Å². The average molecular weight is 184 g/mol. The lowest BCUT2D eigenvalue weighted by atomic mass is 9.93. The van der Waals surface area contributed by atoms with Crippen LogP contribution in [0.2, 0.25) is 0 Å². The Morgan fingerprint density at radius 3 is 2.62 bits per heavy atom. The van der Waals surface area contributed by atoms with Gasteiger partial charge < -0.3 is 10.6 Å². The largest absolute Gasteiger partial charge is 0.330 e. The maximum atomic E-state index is 5.59. The van der Waals surface area contributed by atoms with Crippen LogP contribution in [-0.4, -0.2) is 31.1 Å². The molecule has 0 bridgehead atoms. The molecule has 1 atom stereocenters. The highest BCUT2D eigenvalue weighted by atomic mass is 15.1. The summed E-state index contributed by atoms with van der Waals surface area (Å²) in [6.45, 7) is 11.6. The molecule has 0 aliphatic carbocycles. The van der Waals surface area contributed by atoms with Crippen molar-refractivity contribution in [2.75, 3.05) is 26.2 Å². The van der Waals surface area contributed by atoms with Crippen LogP contribution in [0.1, 0.15) is 33.6 Å². The predicted octanol–water partition coefficient (Wildman–Crippen LogP) is 1.70. The molecule has 1 saturated heterocycles. The number of nitrogens with two attached hydrogens (primary N) is 1. The fourth-order valence-corrected chi connectivity index (χ4v) is 1.94. The molecule has 1 fully saturated rings. The third-order valence-electron chi connectivity index (χ3n) is 3.10. The Bertz CT molecular complexity index is 154. The van der Waals surface area contributed by atoms with E-state index in [0.29, 0.717) is 11.3 Å². The summed E-state index contributed by atoms with van der Waals surface area (Å²) in [5, 5.41) is 0. The van der Waals surface area contributed by atoms with Crippen molar-refractivity contribution >= 4 is 0 Å². The Morgan fingerprint density at radius 2 is 2.15 bits per heavy atom. The van der Waals surface area contributed by atoms with E-state index >= 15 is 0 Å². The fraction of sp³-hybridized carbons (Fsp3) is 1.00. The van der Waals surface area contributed by atoms with Gasteiger partial charge in [0.05, 0.1) is 0 Å². The zero-order valence-electron chi connectivity index (χ0n) is 9.34.